The molecule has 0 radical (unpaired) electrons. The molecule has 2 aromatic carbocycles. The Morgan fingerprint density at radius 3 is 2.52 bits per heavy atom. The van der Waals surface area contributed by atoms with E-state index in [1.807, 2.05) is 47.4 Å². The lowest BCUT2D eigenvalue weighted by Gasteiger charge is -2.36. The molecule has 0 aliphatic carbocycles. The van der Waals surface area contributed by atoms with Gasteiger partial charge in [0.15, 0.2) is 0 Å². The average Bonchev–Trinajstić information content (AvgIpc) is 2.79. The third-order valence-electron chi connectivity index (χ3n) is 5.00. The van der Waals surface area contributed by atoms with Crippen molar-refractivity contribution in [2.24, 2.45) is 5.73 Å². The summed E-state index contributed by atoms with van der Waals surface area (Å²) in [6.45, 7) is 3.42. The fourth-order valence-electron chi connectivity index (χ4n) is 3.44. The molecule has 7 heteroatoms. The summed E-state index contributed by atoms with van der Waals surface area (Å²) in [5.74, 6) is 0.702. The monoisotopic (exact) mass is 388 g/mol. The number of hydrogen-bond acceptors (Lipinski definition) is 6. The van der Waals surface area contributed by atoms with Gasteiger partial charge in [-0.3, -0.25) is 4.79 Å². The topological polar surface area (TPSA) is 87.4 Å². The van der Waals surface area contributed by atoms with Gasteiger partial charge in [-0.1, -0.05) is 24.3 Å². The van der Waals surface area contributed by atoms with E-state index in [0.29, 0.717) is 31.0 Å². The largest absolute Gasteiger partial charge is 0.368 e. The molecule has 148 valence electrons. The first-order valence-electron chi connectivity index (χ1n) is 9.70. The number of nitrogens with zero attached hydrogens (tertiary/aromatic N) is 4. The lowest BCUT2D eigenvalue weighted by atomic mass is 10.1. The van der Waals surface area contributed by atoms with E-state index >= 15 is 0 Å². The highest BCUT2D eigenvalue weighted by molar-refractivity contribution is 5.95. The fourth-order valence-corrected chi connectivity index (χ4v) is 3.44. The van der Waals surface area contributed by atoms with E-state index in [-0.39, 0.29) is 5.91 Å². The Kier molecular flexibility index (Phi) is 5.67. The Morgan fingerprint density at radius 1 is 0.966 bits per heavy atom. The molecule has 1 aliphatic heterocycles. The normalized spacial score (nSPS) is 14.0. The van der Waals surface area contributed by atoms with E-state index in [9.17, 15) is 4.79 Å². The molecule has 1 saturated heterocycles. The summed E-state index contributed by atoms with van der Waals surface area (Å²) in [5.41, 5.74) is 9.06. The number of anilines is 3. The number of carbonyl (C=O) groups is 1. The van der Waals surface area contributed by atoms with E-state index in [1.54, 1.807) is 6.07 Å². The number of piperazine rings is 1. The van der Waals surface area contributed by atoms with Gasteiger partial charge in [-0.05, 0) is 30.3 Å². The standard InChI is InChI=1S/C22H24N6O/c23-15-19-14-21(25-16-24-19)26-18-6-4-5-17(13-18)22(29)28-11-9-27(10-12-28)20-7-2-1-3-8-20/h1-8,13-14,16H,9-12,15,23H2,(H,24,25,26). The van der Waals surface area contributed by atoms with Crippen LogP contribution in [0.25, 0.3) is 0 Å². The van der Waals surface area contributed by atoms with Crippen LogP contribution in [0.15, 0.2) is 67.0 Å². The zero-order chi connectivity index (χ0) is 20.1. The zero-order valence-corrected chi connectivity index (χ0v) is 16.2. The Balaban J connectivity index is 1.41. The maximum absolute atomic E-state index is 13.0. The number of aromatic nitrogens is 2. The number of rotatable bonds is 5. The molecule has 2 heterocycles. The van der Waals surface area contributed by atoms with Crippen LogP contribution in [0.1, 0.15) is 16.1 Å². The van der Waals surface area contributed by atoms with Crippen molar-refractivity contribution in [2.75, 3.05) is 36.4 Å². The minimum Gasteiger partial charge on any atom is -0.368 e. The van der Waals surface area contributed by atoms with E-state index in [0.717, 1.165) is 24.5 Å². The van der Waals surface area contributed by atoms with Gasteiger partial charge in [0.1, 0.15) is 12.1 Å². The Hall–Kier alpha value is -3.45. The molecule has 1 aliphatic rings. The van der Waals surface area contributed by atoms with Crippen molar-refractivity contribution < 1.29 is 4.79 Å². The van der Waals surface area contributed by atoms with E-state index in [2.05, 4.69) is 32.3 Å². The summed E-state index contributed by atoms with van der Waals surface area (Å²) in [5, 5.41) is 3.22. The maximum atomic E-state index is 13.0. The number of nitrogens with two attached hydrogens (primary N) is 1. The van der Waals surface area contributed by atoms with Gasteiger partial charge in [-0.25, -0.2) is 9.97 Å². The SMILES string of the molecule is NCc1cc(Nc2cccc(C(=O)N3CCN(c4ccccc4)CC3)c2)ncn1. The zero-order valence-electron chi connectivity index (χ0n) is 16.2. The van der Waals surface area contributed by atoms with Gasteiger partial charge >= 0.3 is 0 Å². The minimum absolute atomic E-state index is 0.0479. The van der Waals surface area contributed by atoms with Crippen LogP contribution in [0, 0.1) is 0 Å². The summed E-state index contributed by atoms with van der Waals surface area (Å²) >= 11 is 0. The Bertz CT molecular complexity index is 970. The number of para-hydroxylation sites is 1. The van der Waals surface area contributed by atoms with Crippen LogP contribution in [0.5, 0.6) is 0 Å². The minimum atomic E-state index is 0.0479. The second-order valence-corrected chi connectivity index (χ2v) is 6.92. The van der Waals surface area contributed by atoms with E-state index in [4.69, 9.17) is 5.73 Å². The molecule has 29 heavy (non-hydrogen) atoms. The predicted octanol–water partition coefficient (Wildman–Crippen LogP) is 2.64. The van der Waals surface area contributed by atoms with Crippen LogP contribution in [0.2, 0.25) is 0 Å². The quantitative estimate of drug-likeness (QED) is 0.699. The van der Waals surface area contributed by atoms with Gasteiger partial charge in [0, 0.05) is 55.7 Å². The van der Waals surface area contributed by atoms with Crippen molar-refractivity contribution in [3.63, 3.8) is 0 Å². The molecule has 3 aromatic rings. The molecule has 1 aromatic heterocycles. The second kappa shape index (κ2) is 8.70. The van der Waals surface area contributed by atoms with Crippen LogP contribution < -0.4 is 16.0 Å². The molecule has 0 atom stereocenters. The van der Waals surface area contributed by atoms with E-state index in [1.165, 1.54) is 12.0 Å². The third-order valence-corrected chi connectivity index (χ3v) is 5.00. The highest BCUT2D eigenvalue weighted by Crippen LogP contribution is 2.20. The van der Waals surface area contributed by atoms with Crippen molar-refractivity contribution in [2.45, 2.75) is 6.54 Å². The van der Waals surface area contributed by atoms with Gasteiger partial charge in [0.05, 0.1) is 5.69 Å². The molecule has 1 fully saturated rings. The average molecular weight is 388 g/mol. The van der Waals surface area contributed by atoms with Crippen LogP contribution in [-0.2, 0) is 6.54 Å². The molecular formula is C22H24N6O. The fraction of sp³-hybridized carbons (Fsp3) is 0.227. The number of nitrogens with one attached hydrogen (secondary N) is 1. The molecule has 4 rings (SSSR count). The Labute approximate surface area is 170 Å². The van der Waals surface area contributed by atoms with Gasteiger partial charge in [0.2, 0.25) is 0 Å². The van der Waals surface area contributed by atoms with E-state index < -0.39 is 0 Å². The molecular weight excluding hydrogens is 364 g/mol. The highest BCUT2D eigenvalue weighted by Gasteiger charge is 2.22. The van der Waals surface area contributed by atoms with Crippen molar-refractivity contribution >= 4 is 23.1 Å². The summed E-state index contributed by atoms with van der Waals surface area (Å²) in [7, 11) is 0. The first kappa shape index (κ1) is 18.9. The van der Waals surface area contributed by atoms with Gasteiger partial charge in [-0.15, -0.1) is 0 Å². The number of carbonyl (C=O) groups excluding carboxylic acids is 1. The molecule has 0 spiro atoms. The van der Waals surface area contributed by atoms with Crippen LogP contribution in [0.4, 0.5) is 17.2 Å². The smallest absolute Gasteiger partial charge is 0.254 e. The molecule has 0 bridgehead atoms. The van der Waals surface area contributed by atoms with Crippen LogP contribution in [0.3, 0.4) is 0 Å². The first-order chi connectivity index (χ1) is 14.2. The summed E-state index contributed by atoms with van der Waals surface area (Å²) < 4.78 is 0. The van der Waals surface area contributed by atoms with Crippen molar-refractivity contribution in [3.8, 4) is 0 Å². The van der Waals surface area contributed by atoms with Crippen LogP contribution >= 0.6 is 0 Å². The van der Waals surface area contributed by atoms with Gasteiger partial charge in [-0.2, -0.15) is 0 Å². The molecule has 0 unspecified atom stereocenters. The summed E-state index contributed by atoms with van der Waals surface area (Å²) in [4.78, 5) is 25.5. The number of benzene rings is 2. The van der Waals surface area contributed by atoms with Gasteiger partial charge in [0.25, 0.3) is 5.91 Å². The number of hydrogen-bond donors (Lipinski definition) is 2. The summed E-state index contributed by atoms with van der Waals surface area (Å²) in [6, 6.07) is 19.6. The highest BCUT2D eigenvalue weighted by atomic mass is 16.2. The predicted molar refractivity (Wildman–Crippen MR) is 114 cm³/mol. The molecule has 7 nitrogen and oxygen atoms in total. The van der Waals surface area contributed by atoms with Crippen molar-refractivity contribution in [3.05, 3.63) is 78.2 Å². The van der Waals surface area contributed by atoms with Gasteiger partial charge < -0.3 is 20.9 Å². The molecule has 1 amide bonds. The van der Waals surface area contributed by atoms with Crippen molar-refractivity contribution in [1.29, 1.82) is 0 Å². The molecule has 0 saturated carbocycles. The Morgan fingerprint density at radius 2 is 1.76 bits per heavy atom. The maximum Gasteiger partial charge on any atom is 0.254 e. The number of amides is 1. The second-order valence-electron chi connectivity index (χ2n) is 6.92. The first-order valence-corrected chi connectivity index (χ1v) is 9.70. The summed E-state index contributed by atoms with van der Waals surface area (Å²) in [6.07, 6.45) is 1.48. The third kappa shape index (κ3) is 4.52. The lowest BCUT2D eigenvalue weighted by molar-refractivity contribution is 0.0747. The molecule has 3 N–H and O–H groups in total. The van der Waals surface area contributed by atoms with Crippen molar-refractivity contribution in [1.82, 2.24) is 14.9 Å². The lowest BCUT2D eigenvalue weighted by Crippen LogP contribution is -2.48. The van der Waals surface area contributed by atoms with Crippen LogP contribution in [-0.4, -0.2) is 47.0 Å².